The number of carbonyl (C=O) groups excluding carboxylic acids is 1. The molecule has 0 fully saturated rings. The molecule has 0 aliphatic heterocycles. The first-order valence-corrected chi connectivity index (χ1v) is 6.64. The zero-order chi connectivity index (χ0) is 14.8. The maximum Gasteiger partial charge on any atom is 0.230 e. The Bertz CT molecular complexity index is 808. The molecule has 0 spiro atoms. The van der Waals surface area contributed by atoms with Gasteiger partial charge in [-0.05, 0) is 36.8 Å². The normalized spacial score (nSPS) is 10.7. The summed E-state index contributed by atoms with van der Waals surface area (Å²) in [6, 6.07) is 10.6. The lowest BCUT2D eigenvalue weighted by atomic mass is 10.2. The third-order valence-electron chi connectivity index (χ3n) is 3.19. The number of aromatic hydroxyl groups is 1. The van der Waals surface area contributed by atoms with E-state index in [2.05, 4.69) is 10.3 Å². The van der Waals surface area contributed by atoms with Gasteiger partial charge in [-0.3, -0.25) is 4.79 Å². The zero-order valence-electron chi connectivity index (χ0n) is 11.6. The summed E-state index contributed by atoms with van der Waals surface area (Å²) in [4.78, 5) is 16.4. The smallest absolute Gasteiger partial charge is 0.230 e. The van der Waals surface area contributed by atoms with E-state index < -0.39 is 0 Å². The van der Waals surface area contributed by atoms with Crippen LogP contribution in [-0.4, -0.2) is 20.4 Å². The number of hydrogen-bond acceptors (Lipinski definition) is 3. The molecule has 0 aliphatic carbocycles. The number of nitrogens with zero attached hydrogens (tertiary/aromatic N) is 2. The van der Waals surface area contributed by atoms with E-state index in [4.69, 9.17) is 0 Å². The molecule has 0 bridgehead atoms. The minimum Gasteiger partial charge on any atom is -0.506 e. The molecular weight excluding hydrogens is 266 g/mol. The number of aromatic nitrogens is 2. The molecule has 0 unspecified atom stereocenters. The Labute approximate surface area is 121 Å². The predicted octanol–water partition coefficient (Wildman–Crippen LogP) is 2.53. The molecule has 21 heavy (non-hydrogen) atoms. The predicted molar refractivity (Wildman–Crippen MR) is 80.4 cm³/mol. The fourth-order valence-electron chi connectivity index (χ4n) is 2.16. The Morgan fingerprint density at radius 2 is 2.14 bits per heavy atom. The summed E-state index contributed by atoms with van der Waals surface area (Å²) in [6.45, 7) is 2.00. The second-order valence-electron chi connectivity index (χ2n) is 4.94. The number of amides is 1. The highest BCUT2D eigenvalue weighted by Crippen LogP contribution is 2.21. The van der Waals surface area contributed by atoms with Gasteiger partial charge in [-0.25, -0.2) is 4.98 Å². The molecule has 3 aromatic rings. The summed E-state index contributed by atoms with van der Waals surface area (Å²) in [5.41, 5.74) is 3.04. The highest BCUT2D eigenvalue weighted by molar-refractivity contribution is 5.93. The largest absolute Gasteiger partial charge is 0.506 e. The Balaban J connectivity index is 1.75. The van der Waals surface area contributed by atoms with Crippen molar-refractivity contribution in [3.8, 4) is 5.75 Å². The van der Waals surface area contributed by atoms with Gasteiger partial charge in [0.1, 0.15) is 11.4 Å². The molecule has 1 amide bonds. The van der Waals surface area contributed by atoms with E-state index in [1.165, 1.54) is 6.07 Å². The van der Waals surface area contributed by atoms with Crippen molar-refractivity contribution >= 4 is 17.2 Å². The number of rotatable bonds is 3. The number of hydrogen-bond donors (Lipinski definition) is 2. The van der Waals surface area contributed by atoms with Crippen LogP contribution in [0.15, 0.2) is 48.8 Å². The van der Waals surface area contributed by atoms with Gasteiger partial charge in [-0.15, -0.1) is 0 Å². The van der Waals surface area contributed by atoms with Gasteiger partial charge < -0.3 is 14.8 Å². The molecule has 3 rings (SSSR count). The quantitative estimate of drug-likeness (QED) is 0.725. The molecular formula is C16H15N3O2. The number of benzene rings is 1. The summed E-state index contributed by atoms with van der Waals surface area (Å²) in [7, 11) is 0. The molecule has 0 saturated carbocycles. The molecule has 5 heteroatoms. The highest BCUT2D eigenvalue weighted by atomic mass is 16.3. The van der Waals surface area contributed by atoms with Crippen LogP contribution in [0, 0.1) is 6.92 Å². The van der Waals surface area contributed by atoms with E-state index in [0.29, 0.717) is 11.4 Å². The first-order chi connectivity index (χ1) is 10.1. The number of nitrogens with one attached hydrogen (secondary N) is 1. The summed E-state index contributed by atoms with van der Waals surface area (Å²) in [5, 5.41) is 12.3. The van der Waals surface area contributed by atoms with E-state index in [1.807, 2.05) is 35.9 Å². The fraction of sp³-hybridized carbons (Fsp3) is 0.125. The minimum atomic E-state index is -0.211. The Hall–Kier alpha value is -2.82. The van der Waals surface area contributed by atoms with E-state index in [0.717, 1.165) is 11.2 Å². The average molecular weight is 281 g/mol. The number of anilines is 1. The van der Waals surface area contributed by atoms with Gasteiger partial charge in [-0.1, -0.05) is 12.1 Å². The number of imidazole rings is 1. The second-order valence-corrected chi connectivity index (χ2v) is 4.94. The topological polar surface area (TPSA) is 66.6 Å². The first-order valence-electron chi connectivity index (χ1n) is 6.64. The molecule has 5 nitrogen and oxygen atoms in total. The third-order valence-corrected chi connectivity index (χ3v) is 3.19. The molecule has 0 atom stereocenters. The first kappa shape index (κ1) is 13.2. The molecule has 2 aromatic heterocycles. The monoisotopic (exact) mass is 281 g/mol. The number of aryl methyl sites for hydroxylation is 1. The van der Waals surface area contributed by atoms with Gasteiger partial charge in [-0.2, -0.15) is 0 Å². The number of phenols is 1. The number of fused-ring (bicyclic) bond motifs is 1. The van der Waals surface area contributed by atoms with Crippen LogP contribution in [0.2, 0.25) is 0 Å². The average Bonchev–Trinajstić information content (AvgIpc) is 2.82. The van der Waals surface area contributed by atoms with Crippen LogP contribution in [0.1, 0.15) is 11.3 Å². The van der Waals surface area contributed by atoms with Crippen molar-refractivity contribution in [2.45, 2.75) is 13.3 Å². The van der Waals surface area contributed by atoms with Crippen LogP contribution >= 0.6 is 0 Å². The van der Waals surface area contributed by atoms with Gasteiger partial charge in [0, 0.05) is 12.4 Å². The van der Waals surface area contributed by atoms with Crippen LogP contribution in [0.5, 0.6) is 5.75 Å². The maximum absolute atomic E-state index is 12.0. The van der Waals surface area contributed by atoms with Crippen LogP contribution < -0.4 is 5.32 Å². The van der Waals surface area contributed by atoms with Gasteiger partial charge >= 0.3 is 0 Å². The summed E-state index contributed by atoms with van der Waals surface area (Å²) in [6.07, 6.45) is 3.91. The number of para-hydroxylation sites is 2. The standard InChI is InChI=1S/C16H15N3O2/c1-11-6-7-19-10-12(17-15(19)8-11)9-16(21)18-13-4-2-3-5-14(13)20/h2-8,10,20H,9H2,1H3,(H,18,21). The molecule has 0 radical (unpaired) electrons. The Kier molecular flexibility index (Phi) is 3.31. The lowest BCUT2D eigenvalue weighted by Crippen LogP contribution is -2.14. The molecule has 2 heterocycles. The lowest BCUT2D eigenvalue weighted by Gasteiger charge is -2.05. The van der Waals surface area contributed by atoms with Crippen LogP contribution in [0.3, 0.4) is 0 Å². The second kappa shape index (κ2) is 5.28. The molecule has 1 aromatic carbocycles. The summed E-state index contributed by atoms with van der Waals surface area (Å²) < 4.78 is 1.88. The number of phenolic OH excluding ortho intramolecular Hbond substituents is 1. The molecule has 106 valence electrons. The molecule has 2 N–H and O–H groups in total. The number of pyridine rings is 1. The van der Waals surface area contributed by atoms with Crippen LogP contribution in [0.4, 0.5) is 5.69 Å². The molecule has 0 aliphatic rings. The zero-order valence-corrected chi connectivity index (χ0v) is 11.6. The van der Waals surface area contributed by atoms with Gasteiger partial charge in [0.25, 0.3) is 0 Å². The van der Waals surface area contributed by atoms with E-state index in [1.54, 1.807) is 18.2 Å². The number of carbonyl (C=O) groups is 1. The lowest BCUT2D eigenvalue weighted by molar-refractivity contribution is -0.115. The van der Waals surface area contributed by atoms with E-state index in [-0.39, 0.29) is 18.1 Å². The van der Waals surface area contributed by atoms with E-state index in [9.17, 15) is 9.90 Å². The van der Waals surface area contributed by atoms with E-state index >= 15 is 0 Å². The van der Waals surface area contributed by atoms with Gasteiger partial charge in [0.15, 0.2) is 0 Å². The third kappa shape index (κ3) is 2.86. The summed E-state index contributed by atoms with van der Waals surface area (Å²) in [5.74, 6) is -0.159. The Morgan fingerprint density at radius 1 is 1.33 bits per heavy atom. The SMILES string of the molecule is Cc1ccn2cc(CC(=O)Nc3ccccc3O)nc2c1. The van der Waals surface area contributed by atoms with Crippen molar-refractivity contribution < 1.29 is 9.90 Å². The minimum absolute atomic E-state index is 0.0523. The van der Waals surface area contributed by atoms with Crippen LogP contribution in [-0.2, 0) is 11.2 Å². The van der Waals surface area contributed by atoms with Crippen molar-refractivity contribution in [2.24, 2.45) is 0 Å². The van der Waals surface area contributed by atoms with Gasteiger partial charge in [0.2, 0.25) is 5.91 Å². The highest BCUT2D eigenvalue weighted by Gasteiger charge is 2.09. The maximum atomic E-state index is 12.0. The van der Waals surface area contributed by atoms with Crippen LogP contribution in [0.25, 0.3) is 5.65 Å². The van der Waals surface area contributed by atoms with Crippen molar-refractivity contribution in [2.75, 3.05) is 5.32 Å². The van der Waals surface area contributed by atoms with Crippen molar-refractivity contribution in [1.82, 2.24) is 9.38 Å². The van der Waals surface area contributed by atoms with Crippen molar-refractivity contribution in [3.63, 3.8) is 0 Å². The van der Waals surface area contributed by atoms with Crippen molar-refractivity contribution in [3.05, 3.63) is 60.0 Å². The van der Waals surface area contributed by atoms with Crippen molar-refractivity contribution in [1.29, 1.82) is 0 Å². The fourth-order valence-corrected chi connectivity index (χ4v) is 2.16. The molecule has 0 saturated heterocycles. The summed E-state index contributed by atoms with van der Waals surface area (Å²) >= 11 is 0. The Morgan fingerprint density at radius 3 is 2.95 bits per heavy atom. The van der Waals surface area contributed by atoms with Gasteiger partial charge in [0.05, 0.1) is 17.8 Å².